The molecule has 0 radical (unpaired) electrons. The van der Waals surface area contributed by atoms with Crippen molar-refractivity contribution in [3.8, 4) is 0 Å². The molecule has 2 amide bonds. The quantitative estimate of drug-likeness (QED) is 0.564. The predicted molar refractivity (Wildman–Crippen MR) is 139 cm³/mol. The van der Waals surface area contributed by atoms with Crippen LogP contribution in [0.1, 0.15) is 44.2 Å². The molecule has 35 heavy (non-hydrogen) atoms. The first-order chi connectivity index (χ1) is 16.7. The molecule has 2 aromatic carbocycles. The van der Waals surface area contributed by atoms with Gasteiger partial charge in [0.25, 0.3) is 0 Å². The second kappa shape index (κ2) is 9.33. The average molecular weight is 561 g/mol. The fourth-order valence-electron chi connectivity index (χ4n) is 5.71. The van der Waals surface area contributed by atoms with Gasteiger partial charge in [-0.1, -0.05) is 41.1 Å². The molecule has 186 valence electrons. The van der Waals surface area contributed by atoms with E-state index in [4.69, 9.17) is 0 Å². The maximum atomic E-state index is 14.0. The maximum Gasteiger partial charge on any atom is 0.245 e. The highest BCUT2D eigenvalue weighted by Crippen LogP contribution is 2.40. The van der Waals surface area contributed by atoms with E-state index in [1.54, 1.807) is 17.9 Å². The summed E-state index contributed by atoms with van der Waals surface area (Å²) in [7, 11) is -3.91. The Balaban J connectivity index is 1.45. The lowest BCUT2D eigenvalue weighted by Gasteiger charge is -2.35. The molecule has 3 aliphatic heterocycles. The summed E-state index contributed by atoms with van der Waals surface area (Å²) >= 11 is 3.46. The number of hydrogen-bond acceptors (Lipinski definition) is 4. The minimum absolute atomic E-state index is 0.00962. The number of hydrogen-bond donors (Lipinski definition) is 0. The number of benzene rings is 2. The van der Waals surface area contributed by atoms with Crippen LogP contribution in [0.25, 0.3) is 0 Å². The van der Waals surface area contributed by atoms with Gasteiger partial charge >= 0.3 is 0 Å². The van der Waals surface area contributed by atoms with Crippen molar-refractivity contribution in [2.75, 3.05) is 29.4 Å². The Hall–Kier alpha value is -2.23. The van der Waals surface area contributed by atoms with Crippen LogP contribution in [0.15, 0.2) is 45.8 Å². The van der Waals surface area contributed by atoms with E-state index < -0.39 is 15.9 Å². The third-order valence-corrected chi connectivity index (χ3v) is 9.73. The Labute approximate surface area is 215 Å². The first-order valence-corrected chi connectivity index (χ1v) is 14.5. The van der Waals surface area contributed by atoms with Gasteiger partial charge in [-0.15, -0.1) is 0 Å². The van der Waals surface area contributed by atoms with Gasteiger partial charge < -0.3 is 9.80 Å². The molecular weight excluding hydrogens is 530 g/mol. The Morgan fingerprint density at radius 3 is 2.66 bits per heavy atom. The summed E-state index contributed by atoms with van der Waals surface area (Å²) in [4.78, 5) is 29.8. The van der Waals surface area contributed by atoms with Crippen LogP contribution in [0.2, 0.25) is 0 Å². The summed E-state index contributed by atoms with van der Waals surface area (Å²) < 4.78 is 30.0. The number of nitrogens with zero attached hydrogens (tertiary/aromatic N) is 3. The molecule has 2 atom stereocenters. The van der Waals surface area contributed by atoms with Crippen LogP contribution in [0.4, 0.5) is 11.4 Å². The van der Waals surface area contributed by atoms with E-state index >= 15 is 0 Å². The minimum Gasteiger partial charge on any atom is -0.310 e. The number of rotatable bonds is 4. The molecule has 0 spiro atoms. The lowest BCUT2D eigenvalue weighted by molar-refractivity contribution is -0.123. The van der Waals surface area contributed by atoms with Crippen LogP contribution in [0.3, 0.4) is 0 Å². The number of halogens is 1. The highest BCUT2D eigenvalue weighted by molar-refractivity contribution is 9.10. The second-order valence-corrected chi connectivity index (χ2v) is 12.5. The monoisotopic (exact) mass is 559 g/mol. The van der Waals surface area contributed by atoms with E-state index in [-0.39, 0.29) is 29.3 Å². The van der Waals surface area contributed by atoms with E-state index in [1.807, 2.05) is 42.2 Å². The second-order valence-electron chi connectivity index (χ2n) is 9.65. The Kier molecular flexibility index (Phi) is 6.52. The summed E-state index contributed by atoms with van der Waals surface area (Å²) in [5.74, 6) is -0.499. The number of amides is 2. The van der Waals surface area contributed by atoms with Crippen molar-refractivity contribution in [1.29, 1.82) is 0 Å². The molecule has 5 rings (SSSR count). The number of fused-ring (bicyclic) bond motifs is 2. The molecule has 0 aliphatic carbocycles. The van der Waals surface area contributed by atoms with Gasteiger partial charge in [0.2, 0.25) is 21.8 Å². The summed E-state index contributed by atoms with van der Waals surface area (Å²) in [6.07, 6.45) is 3.02. The van der Waals surface area contributed by atoms with E-state index in [9.17, 15) is 18.0 Å². The zero-order valence-electron chi connectivity index (χ0n) is 20.0. The van der Waals surface area contributed by atoms with Gasteiger partial charge in [0.1, 0.15) is 4.90 Å². The van der Waals surface area contributed by atoms with Crippen LogP contribution >= 0.6 is 15.9 Å². The number of piperidine rings is 1. The predicted octanol–water partition coefficient (Wildman–Crippen LogP) is 4.13. The number of anilines is 2. The molecule has 0 saturated carbocycles. The highest BCUT2D eigenvalue weighted by atomic mass is 79.9. The van der Waals surface area contributed by atoms with Crippen molar-refractivity contribution in [3.63, 3.8) is 0 Å². The Bertz CT molecular complexity index is 1300. The number of para-hydroxylation sites is 1. The van der Waals surface area contributed by atoms with Crippen LogP contribution in [0.5, 0.6) is 0 Å². The van der Waals surface area contributed by atoms with Gasteiger partial charge in [-0.3, -0.25) is 9.59 Å². The molecule has 1 saturated heterocycles. The zero-order valence-corrected chi connectivity index (χ0v) is 22.4. The van der Waals surface area contributed by atoms with Crippen molar-refractivity contribution in [2.45, 2.75) is 56.9 Å². The van der Waals surface area contributed by atoms with Crippen molar-refractivity contribution in [2.24, 2.45) is 5.92 Å². The molecule has 3 aliphatic rings. The average Bonchev–Trinajstić information content (AvgIpc) is 3.42. The third kappa shape index (κ3) is 4.21. The lowest BCUT2D eigenvalue weighted by atomic mass is 9.97. The van der Waals surface area contributed by atoms with Gasteiger partial charge in [0.05, 0.1) is 11.6 Å². The standard InChI is InChI=1S/C26H30BrN3O4S/c1-3-24(31)29-12-10-19-14-21(27)15-23(25(19)29)35(33,34)28-11-6-8-20(16-28)26(32)30-17(2)13-18-7-4-5-9-22(18)30/h4-5,7,9,14-15,17,20H,3,6,8,10-13,16H2,1-2H3/t17-,20-/m1/s1. The SMILES string of the molecule is CCC(=O)N1CCc2cc(Br)cc(S(=O)(=O)N3CCC[C@@H](C(=O)N4c5ccccc5C[C@H]4C)C3)c21. The minimum atomic E-state index is -3.91. The van der Waals surface area contributed by atoms with E-state index in [2.05, 4.69) is 15.9 Å². The van der Waals surface area contributed by atoms with Gasteiger partial charge in [-0.2, -0.15) is 4.31 Å². The smallest absolute Gasteiger partial charge is 0.245 e. The van der Waals surface area contributed by atoms with Crippen molar-refractivity contribution < 1.29 is 18.0 Å². The van der Waals surface area contributed by atoms with Gasteiger partial charge in [0.15, 0.2) is 0 Å². The van der Waals surface area contributed by atoms with E-state index in [0.717, 1.165) is 23.2 Å². The van der Waals surface area contributed by atoms with Gasteiger partial charge in [-0.05, 0) is 61.9 Å². The van der Waals surface area contributed by atoms with Crippen molar-refractivity contribution in [1.82, 2.24) is 4.31 Å². The van der Waals surface area contributed by atoms with Crippen LogP contribution in [-0.2, 0) is 32.5 Å². The number of carbonyl (C=O) groups is 2. The molecule has 0 N–H and O–H groups in total. The summed E-state index contributed by atoms with van der Waals surface area (Å²) in [6, 6.07) is 11.5. The molecule has 3 heterocycles. The summed E-state index contributed by atoms with van der Waals surface area (Å²) in [6.45, 7) is 4.82. The molecule has 0 bridgehead atoms. The molecule has 1 fully saturated rings. The first-order valence-electron chi connectivity index (χ1n) is 12.3. The number of carbonyl (C=O) groups excluding carboxylic acids is 2. The first kappa shape index (κ1) is 24.5. The fraction of sp³-hybridized carbons (Fsp3) is 0.462. The van der Waals surface area contributed by atoms with E-state index in [1.165, 1.54) is 4.31 Å². The van der Waals surface area contributed by atoms with E-state index in [0.29, 0.717) is 48.9 Å². The molecular formula is C26H30BrN3O4S. The molecule has 7 nitrogen and oxygen atoms in total. The Morgan fingerprint density at radius 2 is 1.89 bits per heavy atom. The molecule has 9 heteroatoms. The largest absolute Gasteiger partial charge is 0.310 e. The summed E-state index contributed by atoms with van der Waals surface area (Å²) in [5, 5.41) is 0. The van der Waals surface area contributed by atoms with Gasteiger partial charge in [-0.25, -0.2) is 8.42 Å². The summed E-state index contributed by atoms with van der Waals surface area (Å²) in [5.41, 5.74) is 3.44. The normalized spacial score (nSPS) is 22.3. The number of sulfonamides is 1. The highest BCUT2D eigenvalue weighted by Gasteiger charge is 2.41. The zero-order chi connectivity index (χ0) is 24.9. The fourth-order valence-corrected chi connectivity index (χ4v) is 8.15. The van der Waals surface area contributed by atoms with Crippen molar-refractivity contribution >= 4 is 49.1 Å². The van der Waals surface area contributed by atoms with Crippen molar-refractivity contribution in [3.05, 3.63) is 52.0 Å². The topological polar surface area (TPSA) is 78.0 Å². The molecule has 0 aromatic heterocycles. The molecule has 0 unspecified atom stereocenters. The molecule has 2 aromatic rings. The van der Waals surface area contributed by atoms with Crippen LogP contribution in [0, 0.1) is 5.92 Å². The lowest BCUT2D eigenvalue weighted by Crippen LogP contribution is -2.48. The van der Waals surface area contributed by atoms with Gasteiger partial charge in [0, 0.05) is 42.3 Å². The maximum absolute atomic E-state index is 14.0. The Morgan fingerprint density at radius 1 is 1.11 bits per heavy atom. The van der Waals surface area contributed by atoms with Crippen LogP contribution < -0.4 is 9.80 Å². The third-order valence-electron chi connectivity index (χ3n) is 7.39. The van der Waals surface area contributed by atoms with Crippen LogP contribution in [-0.4, -0.2) is 50.2 Å².